The molecule has 2 aliphatic rings. The Balaban J connectivity index is 1.60. The van der Waals surface area contributed by atoms with Gasteiger partial charge in [-0.2, -0.15) is 0 Å². The summed E-state index contributed by atoms with van der Waals surface area (Å²) in [4.78, 5) is 39.8. The van der Waals surface area contributed by atoms with Gasteiger partial charge in [-0.1, -0.05) is 29.3 Å². The first-order valence-electron chi connectivity index (χ1n) is 9.57. The van der Waals surface area contributed by atoms with Crippen LogP contribution in [0.5, 0.6) is 0 Å². The van der Waals surface area contributed by atoms with Crippen LogP contribution < -0.4 is 0 Å². The van der Waals surface area contributed by atoms with Gasteiger partial charge in [0.05, 0.1) is 11.5 Å². The number of carbonyl (C=O) groups excluding carboxylic acids is 2. The molecule has 0 aromatic heterocycles. The minimum atomic E-state index is -0.915. The lowest BCUT2D eigenvalue weighted by atomic mass is 9.77. The van der Waals surface area contributed by atoms with Crippen LogP contribution in [0.2, 0.25) is 0 Å². The molecule has 0 saturated carbocycles. The van der Waals surface area contributed by atoms with Crippen LogP contribution in [-0.4, -0.2) is 58.4 Å². The van der Waals surface area contributed by atoms with E-state index in [1.54, 1.807) is 11.9 Å². The Morgan fingerprint density at radius 3 is 2.30 bits per heavy atom. The fourth-order valence-electron chi connectivity index (χ4n) is 4.75. The number of carbonyl (C=O) groups is 3. The van der Waals surface area contributed by atoms with E-state index < -0.39 is 17.4 Å². The second-order valence-electron chi connectivity index (χ2n) is 8.03. The molecule has 0 unspecified atom stereocenters. The average molecular weight is 372 g/mol. The highest BCUT2D eigenvalue weighted by Gasteiger charge is 2.55. The summed E-state index contributed by atoms with van der Waals surface area (Å²) in [6.45, 7) is 5.13. The Morgan fingerprint density at radius 1 is 1.15 bits per heavy atom. The number of likely N-dealkylation sites (tertiary alicyclic amines) is 2. The number of aryl methyl sites for hydroxylation is 3. The predicted molar refractivity (Wildman–Crippen MR) is 101 cm³/mol. The zero-order valence-corrected chi connectivity index (χ0v) is 16.3. The quantitative estimate of drug-likeness (QED) is 0.879. The molecular weight excluding hydrogens is 344 g/mol. The highest BCUT2D eigenvalue weighted by molar-refractivity contribution is 5.88. The van der Waals surface area contributed by atoms with Gasteiger partial charge in [0, 0.05) is 33.0 Å². The number of hydrogen-bond acceptors (Lipinski definition) is 3. The van der Waals surface area contributed by atoms with Crippen LogP contribution in [0, 0.1) is 19.8 Å². The Bertz CT molecular complexity index is 745. The molecule has 2 aliphatic heterocycles. The van der Waals surface area contributed by atoms with Gasteiger partial charge in [-0.15, -0.1) is 0 Å². The van der Waals surface area contributed by atoms with Crippen LogP contribution >= 0.6 is 0 Å². The number of amides is 2. The third-order valence-corrected chi connectivity index (χ3v) is 6.26. The Morgan fingerprint density at radius 2 is 1.74 bits per heavy atom. The number of rotatable bonds is 4. The molecule has 6 heteroatoms. The lowest BCUT2D eigenvalue weighted by molar-refractivity contribution is -0.147. The highest BCUT2D eigenvalue weighted by Crippen LogP contribution is 2.42. The first-order chi connectivity index (χ1) is 12.7. The lowest BCUT2D eigenvalue weighted by Gasteiger charge is -2.45. The van der Waals surface area contributed by atoms with Crippen molar-refractivity contribution >= 4 is 17.8 Å². The Hall–Kier alpha value is -2.37. The second kappa shape index (κ2) is 7.33. The van der Waals surface area contributed by atoms with Gasteiger partial charge in [0.25, 0.3) is 0 Å². The van der Waals surface area contributed by atoms with Gasteiger partial charge < -0.3 is 14.9 Å². The van der Waals surface area contributed by atoms with Crippen LogP contribution in [0.1, 0.15) is 42.4 Å². The number of carboxylic acid groups (broad SMARTS) is 1. The van der Waals surface area contributed by atoms with Crippen LogP contribution in [0.4, 0.5) is 0 Å². The summed E-state index contributed by atoms with van der Waals surface area (Å²) in [7, 11) is 1.70. The monoisotopic (exact) mass is 372 g/mol. The van der Waals surface area contributed by atoms with Crippen molar-refractivity contribution in [2.24, 2.45) is 5.92 Å². The topological polar surface area (TPSA) is 77.9 Å². The largest absolute Gasteiger partial charge is 0.481 e. The van der Waals surface area contributed by atoms with Crippen molar-refractivity contribution in [3.8, 4) is 0 Å². The number of benzene rings is 1. The fourth-order valence-corrected chi connectivity index (χ4v) is 4.75. The van der Waals surface area contributed by atoms with Crippen molar-refractivity contribution in [1.82, 2.24) is 9.80 Å². The van der Waals surface area contributed by atoms with Gasteiger partial charge in [0.2, 0.25) is 11.8 Å². The van der Waals surface area contributed by atoms with Crippen molar-refractivity contribution in [2.75, 3.05) is 20.1 Å². The molecule has 0 radical (unpaired) electrons. The van der Waals surface area contributed by atoms with E-state index in [1.165, 1.54) is 16.7 Å². The minimum Gasteiger partial charge on any atom is -0.481 e. The third-order valence-electron chi connectivity index (χ3n) is 6.26. The summed E-state index contributed by atoms with van der Waals surface area (Å²) in [5.41, 5.74) is 2.92. The fraction of sp³-hybridized carbons (Fsp3) is 0.571. The zero-order valence-electron chi connectivity index (χ0n) is 16.3. The van der Waals surface area contributed by atoms with E-state index in [0.717, 1.165) is 0 Å². The molecule has 1 aromatic rings. The van der Waals surface area contributed by atoms with E-state index in [0.29, 0.717) is 38.8 Å². The maximum atomic E-state index is 12.6. The molecule has 2 heterocycles. The Labute approximate surface area is 160 Å². The SMILES string of the molecule is Cc1cc(C)cc(CCC(=O)N2CCC3(CC2)[C@H](C(=O)O)CC(=O)N3C)c1. The summed E-state index contributed by atoms with van der Waals surface area (Å²) in [6, 6.07) is 6.34. The lowest BCUT2D eigenvalue weighted by Crippen LogP contribution is -2.57. The van der Waals surface area contributed by atoms with Crippen molar-refractivity contribution in [3.05, 3.63) is 34.9 Å². The number of nitrogens with zero attached hydrogens (tertiary/aromatic N) is 2. The zero-order chi connectivity index (χ0) is 19.8. The molecule has 2 amide bonds. The standard InChI is InChI=1S/C21H28N2O4/c1-14-10-15(2)12-16(11-14)4-5-18(24)23-8-6-21(7-9-23)17(20(26)27)13-19(25)22(21)3/h10-12,17H,4-9,13H2,1-3H3,(H,26,27)/t17-/m0/s1. The number of aliphatic carboxylic acids is 1. The van der Waals surface area contributed by atoms with Crippen molar-refractivity contribution in [2.45, 2.75) is 51.5 Å². The van der Waals surface area contributed by atoms with E-state index in [1.807, 2.05) is 4.90 Å². The molecule has 2 fully saturated rings. The van der Waals surface area contributed by atoms with E-state index in [2.05, 4.69) is 32.0 Å². The molecule has 2 saturated heterocycles. The number of hydrogen-bond donors (Lipinski definition) is 1. The molecule has 0 bridgehead atoms. The van der Waals surface area contributed by atoms with Crippen LogP contribution in [0.3, 0.4) is 0 Å². The Kier molecular flexibility index (Phi) is 5.27. The first-order valence-corrected chi connectivity index (χ1v) is 9.57. The molecule has 0 aliphatic carbocycles. The van der Waals surface area contributed by atoms with E-state index in [-0.39, 0.29) is 18.2 Å². The smallest absolute Gasteiger partial charge is 0.309 e. The number of piperidine rings is 1. The van der Waals surface area contributed by atoms with E-state index >= 15 is 0 Å². The minimum absolute atomic E-state index is 0.0620. The summed E-state index contributed by atoms with van der Waals surface area (Å²) in [5, 5.41) is 9.54. The highest BCUT2D eigenvalue weighted by atomic mass is 16.4. The third kappa shape index (κ3) is 3.70. The van der Waals surface area contributed by atoms with Crippen LogP contribution in [0.25, 0.3) is 0 Å². The van der Waals surface area contributed by atoms with E-state index in [4.69, 9.17) is 0 Å². The second-order valence-corrected chi connectivity index (χ2v) is 8.03. The molecule has 146 valence electrons. The van der Waals surface area contributed by atoms with Crippen molar-refractivity contribution < 1.29 is 19.5 Å². The molecule has 3 rings (SSSR count). The molecule has 27 heavy (non-hydrogen) atoms. The van der Waals surface area contributed by atoms with Gasteiger partial charge in [-0.05, 0) is 38.7 Å². The number of carboxylic acids is 1. The van der Waals surface area contributed by atoms with Crippen molar-refractivity contribution in [3.63, 3.8) is 0 Å². The van der Waals surface area contributed by atoms with Gasteiger partial charge in [-0.25, -0.2) is 0 Å². The van der Waals surface area contributed by atoms with Crippen molar-refractivity contribution in [1.29, 1.82) is 0 Å². The first kappa shape index (κ1) is 19.4. The molecule has 1 spiro atoms. The van der Waals surface area contributed by atoms with Gasteiger partial charge >= 0.3 is 5.97 Å². The maximum Gasteiger partial charge on any atom is 0.309 e. The van der Waals surface area contributed by atoms with Gasteiger partial charge in [0.15, 0.2) is 0 Å². The van der Waals surface area contributed by atoms with Crippen LogP contribution in [-0.2, 0) is 20.8 Å². The van der Waals surface area contributed by atoms with Crippen LogP contribution in [0.15, 0.2) is 18.2 Å². The molecular formula is C21H28N2O4. The summed E-state index contributed by atoms with van der Waals surface area (Å²) >= 11 is 0. The summed E-state index contributed by atoms with van der Waals surface area (Å²) in [6.07, 6.45) is 2.28. The summed E-state index contributed by atoms with van der Waals surface area (Å²) in [5.74, 6) is -1.61. The average Bonchev–Trinajstić information content (AvgIpc) is 2.85. The summed E-state index contributed by atoms with van der Waals surface area (Å²) < 4.78 is 0. The maximum absolute atomic E-state index is 12.6. The predicted octanol–water partition coefficient (Wildman–Crippen LogP) is 2.16. The van der Waals surface area contributed by atoms with Gasteiger partial charge in [0.1, 0.15) is 0 Å². The molecule has 1 aromatic carbocycles. The van der Waals surface area contributed by atoms with Gasteiger partial charge in [-0.3, -0.25) is 14.4 Å². The normalized spacial score (nSPS) is 21.7. The van der Waals surface area contributed by atoms with E-state index in [9.17, 15) is 19.5 Å². The molecule has 1 N–H and O–H groups in total. The molecule has 6 nitrogen and oxygen atoms in total. The molecule has 1 atom stereocenters.